The molecule has 0 radical (unpaired) electrons. The Hall–Kier alpha value is -1.76. The molecule has 0 aliphatic carbocycles. The summed E-state index contributed by atoms with van der Waals surface area (Å²) in [6.45, 7) is 3.31. The minimum Gasteiger partial charge on any atom is -0.484 e. The summed E-state index contributed by atoms with van der Waals surface area (Å²) >= 11 is 0. The van der Waals surface area contributed by atoms with Crippen molar-refractivity contribution in [3.8, 4) is 5.75 Å². The van der Waals surface area contributed by atoms with Crippen LogP contribution in [0.1, 0.15) is 24.0 Å². The van der Waals surface area contributed by atoms with E-state index in [2.05, 4.69) is 0 Å². The Morgan fingerprint density at radius 2 is 2.00 bits per heavy atom. The Kier molecular flexibility index (Phi) is 5.19. The quantitative estimate of drug-likeness (QED) is 0.927. The van der Waals surface area contributed by atoms with Crippen molar-refractivity contribution >= 4 is 5.91 Å². The van der Waals surface area contributed by atoms with E-state index in [9.17, 15) is 18.0 Å². The molecule has 1 amide bonds. The van der Waals surface area contributed by atoms with Gasteiger partial charge in [-0.05, 0) is 49.9 Å². The van der Waals surface area contributed by atoms with Crippen LogP contribution in [0.5, 0.6) is 5.75 Å². The fourth-order valence-corrected chi connectivity index (χ4v) is 2.65. The molecule has 1 aliphatic rings. The molecule has 23 heavy (non-hydrogen) atoms. The first kappa shape index (κ1) is 17.6. The second-order valence-corrected chi connectivity index (χ2v) is 5.98. The number of hydrogen-bond acceptors (Lipinski definition) is 3. The highest BCUT2D eigenvalue weighted by molar-refractivity contribution is 5.78. The second kappa shape index (κ2) is 6.78. The number of ether oxygens (including phenoxy) is 1. The Morgan fingerprint density at radius 3 is 2.61 bits per heavy atom. The summed E-state index contributed by atoms with van der Waals surface area (Å²) in [5.41, 5.74) is 7.77. The molecule has 0 spiro atoms. The maximum Gasteiger partial charge on any atom is 0.408 e. The number of alkyl halides is 3. The molecule has 1 aliphatic heterocycles. The van der Waals surface area contributed by atoms with Crippen molar-refractivity contribution in [1.29, 1.82) is 0 Å². The molecule has 0 unspecified atom stereocenters. The molecule has 2 atom stereocenters. The zero-order chi connectivity index (χ0) is 17.2. The molecule has 2 N–H and O–H groups in total. The van der Waals surface area contributed by atoms with E-state index >= 15 is 0 Å². The number of likely N-dealkylation sites (tertiary alicyclic amines) is 1. The first-order chi connectivity index (χ1) is 10.7. The lowest BCUT2D eigenvalue weighted by Crippen LogP contribution is -2.57. The van der Waals surface area contributed by atoms with Crippen LogP contribution in [0.4, 0.5) is 13.2 Å². The van der Waals surface area contributed by atoms with E-state index in [4.69, 9.17) is 10.5 Å². The first-order valence-electron chi connectivity index (χ1n) is 7.50. The maximum absolute atomic E-state index is 13.1. The lowest BCUT2D eigenvalue weighted by molar-refractivity contribution is -0.197. The van der Waals surface area contributed by atoms with Crippen LogP contribution in [0.25, 0.3) is 0 Å². The monoisotopic (exact) mass is 330 g/mol. The standard InChI is InChI=1S/C16H21F3N2O2/c1-10-3-5-13(7-11(10)2)23-9-15(22)21-8-12(20)4-6-14(21)16(17,18)19/h3,5,7,12,14H,4,6,8-9,20H2,1-2H3/t12-,14+/m0/s1. The molecule has 1 aromatic carbocycles. The molecular weight excluding hydrogens is 309 g/mol. The second-order valence-electron chi connectivity index (χ2n) is 5.98. The number of carbonyl (C=O) groups is 1. The van der Waals surface area contributed by atoms with Crippen LogP contribution in [-0.4, -0.2) is 42.2 Å². The molecule has 1 aromatic rings. The number of hydrogen-bond donors (Lipinski definition) is 1. The van der Waals surface area contributed by atoms with E-state index in [1.807, 2.05) is 19.9 Å². The van der Waals surface area contributed by atoms with Gasteiger partial charge >= 0.3 is 6.18 Å². The van der Waals surface area contributed by atoms with Crippen molar-refractivity contribution in [2.75, 3.05) is 13.2 Å². The Morgan fingerprint density at radius 1 is 1.30 bits per heavy atom. The van der Waals surface area contributed by atoms with Crippen molar-refractivity contribution < 1.29 is 22.7 Å². The summed E-state index contributed by atoms with van der Waals surface area (Å²) < 4.78 is 44.5. The van der Waals surface area contributed by atoms with Crippen molar-refractivity contribution in [1.82, 2.24) is 4.90 Å². The number of piperidine rings is 1. The van der Waals surface area contributed by atoms with Gasteiger partial charge < -0.3 is 15.4 Å². The van der Waals surface area contributed by atoms with Gasteiger partial charge in [0.05, 0.1) is 0 Å². The summed E-state index contributed by atoms with van der Waals surface area (Å²) in [5.74, 6) is -0.230. The minimum atomic E-state index is -4.45. The zero-order valence-corrected chi connectivity index (χ0v) is 13.2. The summed E-state index contributed by atoms with van der Waals surface area (Å²) in [4.78, 5) is 13.0. The molecule has 1 saturated heterocycles. The average Bonchev–Trinajstić information content (AvgIpc) is 2.46. The van der Waals surface area contributed by atoms with Gasteiger partial charge in [-0.25, -0.2) is 0 Å². The van der Waals surface area contributed by atoms with E-state index in [-0.39, 0.29) is 19.4 Å². The fourth-order valence-electron chi connectivity index (χ4n) is 2.65. The smallest absolute Gasteiger partial charge is 0.408 e. The summed E-state index contributed by atoms with van der Waals surface area (Å²) in [5, 5.41) is 0. The maximum atomic E-state index is 13.1. The molecule has 0 saturated carbocycles. The predicted octanol–water partition coefficient (Wildman–Crippen LogP) is 2.56. The number of amides is 1. The molecule has 2 rings (SSSR count). The van der Waals surface area contributed by atoms with Gasteiger partial charge in [-0.15, -0.1) is 0 Å². The van der Waals surface area contributed by atoms with Gasteiger partial charge in [0.2, 0.25) is 0 Å². The van der Waals surface area contributed by atoms with Crippen LogP contribution in [0.2, 0.25) is 0 Å². The third-order valence-corrected chi connectivity index (χ3v) is 4.16. The van der Waals surface area contributed by atoms with Gasteiger partial charge in [0, 0.05) is 12.6 Å². The van der Waals surface area contributed by atoms with Crippen LogP contribution in [0.3, 0.4) is 0 Å². The van der Waals surface area contributed by atoms with Crippen molar-refractivity contribution in [2.45, 2.75) is 44.9 Å². The topological polar surface area (TPSA) is 55.6 Å². The van der Waals surface area contributed by atoms with E-state index < -0.39 is 30.8 Å². The Bertz CT molecular complexity index is 575. The molecule has 7 heteroatoms. The third kappa shape index (κ3) is 4.37. The number of nitrogens with two attached hydrogens (primary N) is 1. The Balaban J connectivity index is 2.03. The van der Waals surface area contributed by atoms with Gasteiger partial charge in [-0.1, -0.05) is 6.07 Å². The molecule has 1 heterocycles. The molecule has 1 fully saturated rings. The number of aryl methyl sites for hydroxylation is 2. The van der Waals surface area contributed by atoms with Crippen LogP contribution in [-0.2, 0) is 4.79 Å². The number of benzene rings is 1. The molecule has 4 nitrogen and oxygen atoms in total. The van der Waals surface area contributed by atoms with Gasteiger partial charge in [0.1, 0.15) is 11.8 Å². The van der Waals surface area contributed by atoms with Gasteiger partial charge in [-0.3, -0.25) is 4.79 Å². The molecule has 128 valence electrons. The lowest BCUT2D eigenvalue weighted by Gasteiger charge is -2.39. The van der Waals surface area contributed by atoms with Crippen molar-refractivity contribution in [3.63, 3.8) is 0 Å². The van der Waals surface area contributed by atoms with Crippen molar-refractivity contribution in [2.24, 2.45) is 5.73 Å². The fraction of sp³-hybridized carbons (Fsp3) is 0.562. The summed E-state index contributed by atoms with van der Waals surface area (Å²) in [7, 11) is 0. The normalized spacial score (nSPS) is 22.1. The van der Waals surface area contributed by atoms with Gasteiger partial charge in [-0.2, -0.15) is 13.2 Å². The third-order valence-electron chi connectivity index (χ3n) is 4.16. The van der Waals surface area contributed by atoms with Crippen molar-refractivity contribution in [3.05, 3.63) is 29.3 Å². The molecule has 0 bridgehead atoms. The van der Waals surface area contributed by atoms with Crippen LogP contribution in [0.15, 0.2) is 18.2 Å². The zero-order valence-electron chi connectivity index (χ0n) is 13.2. The minimum absolute atomic E-state index is 0.0979. The van der Waals surface area contributed by atoms with E-state index in [0.717, 1.165) is 16.0 Å². The lowest BCUT2D eigenvalue weighted by atomic mass is 9.98. The predicted molar refractivity (Wildman–Crippen MR) is 80.2 cm³/mol. The molecule has 0 aromatic heterocycles. The highest BCUT2D eigenvalue weighted by Crippen LogP contribution is 2.31. The number of rotatable bonds is 3. The number of carbonyl (C=O) groups excluding carboxylic acids is 1. The number of nitrogens with zero attached hydrogens (tertiary/aromatic N) is 1. The largest absolute Gasteiger partial charge is 0.484 e. The SMILES string of the molecule is Cc1ccc(OCC(=O)N2C[C@@H](N)CC[C@@H]2C(F)(F)F)cc1C. The van der Waals surface area contributed by atoms with Crippen LogP contribution >= 0.6 is 0 Å². The molecular formula is C16H21F3N2O2. The van der Waals surface area contributed by atoms with Crippen LogP contribution < -0.4 is 10.5 Å². The van der Waals surface area contributed by atoms with Gasteiger partial charge in [0.15, 0.2) is 6.61 Å². The first-order valence-corrected chi connectivity index (χ1v) is 7.50. The van der Waals surface area contributed by atoms with Crippen LogP contribution in [0, 0.1) is 13.8 Å². The number of halogens is 3. The van der Waals surface area contributed by atoms with E-state index in [1.54, 1.807) is 12.1 Å². The van der Waals surface area contributed by atoms with E-state index in [0.29, 0.717) is 5.75 Å². The Labute approximate surface area is 133 Å². The van der Waals surface area contributed by atoms with E-state index in [1.165, 1.54) is 0 Å². The highest BCUT2D eigenvalue weighted by Gasteiger charge is 2.47. The summed E-state index contributed by atoms with van der Waals surface area (Å²) in [6, 6.07) is 3.08. The highest BCUT2D eigenvalue weighted by atomic mass is 19.4. The van der Waals surface area contributed by atoms with Gasteiger partial charge in [0.25, 0.3) is 5.91 Å². The summed E-state index contributed by atoms with van der Waals surface area (Å²) in [6.07, 6.45) is -4.36. The average molecular weight is 330 g/mol.